The molecule has 0 atom stereocenters. The highest BCUT2D eigenvalue weighted by Crippen LogP contribution is 2.09. The average molecular weight is 294 g/mol. The van der Waals surface area contributed by atoms with Crippen molar-refractivity contribution >= 4 is 11.6 Å². The Kier molecular flexibility index (Phi) is 9.44. The highest BCUT2D eigenvalue weighted by molar-refractivity contribution is 5.88. The van der Waals surface area contributed by atoms with E-state index in [4.69, 9.17) is 9.47 Å². The maximum atomic E-state index is 10.9. The molecule has 0 saturated heterocycles. The van der Waals surface area contributed by atoms with Crippen molar-refractivity contribution in [2.45, 2.75) is 26.3 Å². The second-order valence-corrected chi connectivity index (χ2v) is 4.87. The summed E-state index contributed by atoms with van der Waals surface area (Å²) in [6.07, 6.45) is 2.15. The number of hydrogen-bond acceptors (Lipinski definition) is 4. The molecule has 0 aromatic heterocycles. The van der Waals surface area contributed by atoms with Gasteiger partial charge in [-0.25, -0.2) is 0 Å². The van der Waals surface area contributed by atoms with Crippen LogP contribution < -0.4 is 10.6 Å². The minimum atomic E-state index is -0.0476. The molecule has 0 heterocycles. The van der Waals surface area contributed by atoms with Gasteiger partial charge in [0.1, 0.15) is 0 Å². The summed E-state index contributed by atoms with van der Waals surface area (Å²) in [6, 6.07) is 7.88. The normalized spacial score (nSPS) is 10.6. The molecule has 0 fully saturated rings. The van der Waals surface area contributed by atoms with Crippen LogP contribution in [-0.4, -0.2) is 39.4 Å². The third-order valence-electron chi connectivity index (χ3n) is 2.93. The van der Waals surface area contributed by atoms with Crippen molar-refractivity contribution in [3.05, 3.63) is 29.8 Å². The second kappa shape index (κ2) is 11.3. The zero-order valence-electron chi connectivity index (χ0n) is 13.0. The molecule has 1 aromatic carbocycles. The van der Waals surface area contributed by atoms with Crippen LogP contribution in [0.1, 0.15) is 25.3 Å². The molecule has 1 rings (SSSR count). The van der Waals surface area contributed by atoms with E-state index >= 15 is 0 Å². The predicted octanol–water partition coefficient (Wildman–Crippen LogP) is 2.18. The summed E-state index contributed by atoms with van der Waals surface area (Å²) in [5.74, 6) is -0.0476. The summed E-state index contributed by atoms with van der Waals surface area (Å²) in [6.45, 7) is 5.44. The van der Waals surface area contributed by atoms with E-state index in [0.29, 0.717) is 13.2 Å². The zero-order chi connectivity index (χ0) is 15.3. The Balaban J connectivity index is 2.03. The van der Waals surface area contributed by atoms with Crippen LogP contribution in [0.4, 0.5) is 5.69 Å². The van der Waals surface area contributed by atoms with Gasteiger partial charge in [-0.1, -0.05) is 12.1 Å². The number of unbranched alkanes of at least 4 members (excludes halogenated alkanes) is 1. The molecule has 118 valence electrons. The summed E-state index contributed by atoms with van der Waals surface area (Å²) in [4.78, 5) is 10.9. The molecule has 5 heteroatoms. The molecule has 1 amide bonds. The average Bonchev–Trinajstić information content (AvgIpc) is 2.47. The van der Waals surface area contributed by atoms with Gasteiger partial charge in [-0.3, -0.25) is 4.79 Å². The molecule has 0 radical (unpaired) electrons. The maximum Gasteiger partial charge on any atom is 0.221 e. The molecule has 0 unspecified atom stereocenters. The lowest BCUT2D eigenvalue weighted by Crippen LogP contribution is -2.15. The molecular weight excluding hydrogens is 268 g/mol. The predicted molar refractivity (Wildman–Crippen MR) is 84.4 cm³/mol. The first-order valence-corrected chi connectivity index (χ1v) is 7.36. The van der Waals surface area contributed by atoms with E-state index in [1.54, 1.807) is 7.11 Å². The SMILES string of the molecule is COCCOCCCCNCc1ccc(NC(C)=O)cc1. The van der Waals surface area contributed by atoms with Gasteiger partial charge < -0.3 is 20.1 Å². The number of nitrogens with one attached hydrogen (secondary N) is 2. The summed E-state index contributed by atoms with van der Waals surface area (Å²) in [7, 11) is 1.68. The maximum absolute atomic E-state index is 10.9. The van der Waals surface area contributed by atoms with Crippen molar-refractivity contribution in [2.75, 3.05) is 38.8 Å². The molecule has 0 aliphatic rings. The van der Waals surface area contributed by atoms with E-state index in [1.165, 1.54) is 12.5 Å². The van der Waals surface area contributed by atoms with Crippen molar-refractivity contribution in [3.63, 3.8) is 0 Å². The Morgan fingerprint density at radius 3 is 2.52 bits per heavy atom. The number of rotatable bonds is 11. The van der Waals surface area contributed by atoms with E-state index in [2.05, 4.69) is 10.6 Å². The van der Waals surface area contributed by atoms with Crippen LogP contribution >= 0.6 is 0 Å². The van der Waals surface area contributed by atoms with Gasteiger partial charge in [-0.15, -0.1) is 0 Å². The van der Waals surface area contributed by atoms with Crippen molar-refractivity contribution in [3.8, 4) is 0 Å². The summed E-state index contributed by atoms with van der Waals surface area (Å²) in [5.41, 5.74) is 2.04. The minimum absolute atomic E-state index is 0.0476. The van der Waals surface area contributed by atoms with E-state index in [-0.39, 0.29) is 5.91 Å². The number of anilines is 1. The first-order valence-electron chi connectivity index (χ1n) is 7.36. The number of methoxy groups -OCH3 is 1. The number of carbonyl (C=O) groups is 1. The van der Waals surface area contributed by atoms with Gasteiger partial charge in [0, 0.05) is 32.9 Å². The van der Waals surface area contributed by atoms with E-state index < -0.39 is 0 Å². The van der Waals surface area contributed by atoms with E-state index in [1.807, 2.05) is 24.3 Å². The summed E-state index contributed by atoms with van der Waals surface area (Å²) < 4.78 is 10.3. The van der Waals surface area contributed by atoms with Gasteiger partial charge in [0.05, 0.1) is 13.2 Å². The van der Waals surface area contributed by atoms with Crippen LogP contribution in [0.2, 0.25) is 0 Å². The van der Waals surface area contributed by atoms with Crippen molar-refractivity contribution in [1.29, 1.82) is 0 Å². The lowest BCUT2D eigenvalue weighted by Gasteiger charge is -2.07. The van der Waals surface area contributed by atoms with Gasteiger partial charge in [0.2, 0.25) is 5.91 Å². The van der Waals surface area contributed by atoms with Crippen LogP contribution in [0.25, 0.3) is 0 Å². The first-order chi connectivity index (χ1) is 10.2. The van der Waals surface area contributed by atoms with Crippen molar-refractivity contribution in [1.82, 2.24) is 5.32 Å². The number of amides is 1. The fourth-order valence-corrected chi connectivity index (χ4v) is 1.84. The Labute approximate surface area is 127 Å². The Bertz CT molecular complexity index is 393. The van der Waals surface area contributed by atoms with Crippen LogP contribution in [0.15, 0.2) is 24.3 Å². The third-order valence-corrected chi connectivity index (χ3v) is 2.93. The standard InChI is InChI=1S/C16H26N2O3/c1-14(19)18-16-7-5-15(6-8-16)13-17-9-3-4-10-21-12-11-20-2/h5-8,17H,3-4,9-13H2,1-2H3,(H,18,19). The molecule has 21 heavy (non-hydrogen) atoms. The number of carbonyl (C=O) groups excluding carboxylic acids is 1. The van der Waals surface area contributed by atoms with Crippen LogP contribution in [0.3, 0.4) is 0 Å². The lowest BCUT2D eigenvalue weighted by atomic mass is 10.2. The molecule has 0 aliphatic carbocycles. The summed E-state index contributed by atoms with van der Waals surface area (Å²) in [5, 5.41) is 6.15. The molecule has 0 spiro atoms. The van der Waals surface area contributed by atoms with Gasteiger partial charge >= 0.3 is 0 Å². The van der Waals surface area contributed by atoms with Crippen LogP contribution in [0, 0.1) is 0 Å². The lowest BCUT2D eigenvalue weighted by molar-refractivity contribution is -0.114. The van der Waals surface area contributed by atoms with Gasteiger partial charge in [-0.05, 0) is 37.1 Å². The van der Waals surface area contributed by atoms with Crippen LogP contribution in [-0.2, 0) is 20.8 Å². The minimum Gasteiger partial charge on any atom is -0.382 e. The zero-order valence-corrected chi connectivity index (χ0v) is 13.0. The van der Waals surface area contributed by atoms with E-state index in [0.717, 1.165) is 38.2 Å². The summed E-state index contributed by atoms with van der Waals surface area (Å²) >= 11 is 0. The molecular formula is C16H26N2O3. The topological polar surface area (TPSA) is 59.6 Å². The Morgan fingerprint density at radius 1 is 1.10 bits per heavy atom. The second-order valence-electron chi connectivity index (χ2n) is 4.87. The smallest absolute Gasteiger partial charge is 0.221 e. The third kappa shape index (κ3) is 9.18. The molecule has 5 nitrogen and oxygen atoms in total. The van der Waals surface area contributed by atoms with Crippen molar-refractivity contribution in [2.24, 2.45) is 0 Å². The largest absolute Gasteiger partial charge is 0.382 e. The number of ether oxygens (including phenoxy) is 2. The Morgan fingerprint density at radius 2 is 1.86 bits per heavy atom. The monoisotopic (exact) mass is 294 g/mol. The molecule has 0 saturated carbocycles. The van der Waals surface area contributed by atoms with Crippen molar-refractivity contribution < 1.29 is 14.3 Å². The van der Waals surface area contributed by atoms with Gasteiger partial charge in [0.15, 0.2) is 0 Å². The first kappa shape index (κ1) is 17.6. The van der Waals surface area contributed by atoms with Gasteiger partial charge in [0.25, 0.3) is 0 Å². The van der Waals surface area contributed by atoms with E-state index in [9.17, 15) is 4.79 Å². The molecule has 1 aromatic rings. The molecule has 2 N–H and O–H groups in total. The van der Waals surface area contributed by atoms with Crippen LogP contribution in [0.5, 0.6) is 0 Å². The Hall–Kier alpha value is -1.43. The quantitative estimate of drug-likeness (QED) is 0.614. The number of benzene rings is 1. The molecule has 0 bridgehead atoms. The fourth-order valence-electron chi connectivity index (χ4n) is 1.84. The fraction of sp³-hybridized carbons (Fsp3) is 0.562. The highest BCUT2D eigenvalue weighted by Gasteiger charge is 1.97. The molecule has 0 aliphatic heterocycles. The number of hydrogen-bond donors (Lipinski definition) is 2. The van der Waals surface area contributed by atoms with Gasteiger partial charge in [-0.2, -0.15) is 0 Å². The highest BCUT2D eigenvalue weighted by atomic mass is 16.5.